The van der Waals surface area contributed by atoms with Crippen LogP contribution in [-0.2, 0) is 36.5 Å². The quantitative estimate of drug-likeness (QED) is 0.0334. The van der Waals surface area contributed by atoms with Crippen molar-refractivity contribution in [3.63, 3.8) is 0 Å². The topological polar surface area (TPSA) is 0 Å². The predicted octanol–water partition coefficient (Wildman–Crippen LogP) is 29.9. The summed E-state index contributed by atoms with van der Waals surface area (Å²) in [4.78, 5) is 2.81. The average molecular weight is 1400 g/mol. The molecule has 9 rings (SSSR count). The molecular weight excluding hydrogens is 1280 g/mol. The van der Waals surface area contributed by atoms with E-state index in [1.54, 1.807) is 0 Å². The zero-order valence-electron chi connectivity index (χ0n) is 58.2. The summed E-state index contributed by atoms with van der Waals surface area (Å²) in [5.41, 5.74) is 18.9. The van der Waals surface area contributed by atoms with Gasteiger partial charge in [0, 0.05) is 9.75 Å². The van der Waals surface area contributed by atoms with Gasteiger partial charge in [-0.25, -0.2) is 0 Å². The van der Waals surface area contributed by atoms with Gasteiger partial charge in [0.15, 0.2) is 0 Å². The van der Waals surface area contributed by atoms with E-state index in [2.05, 4.69) is 181 Å². The molecule has 5 aromatic carbocycles. The van der Waals surface area contributed by atoms with Crippen molar-refractivity contribution in [2.75, 3.05) is 0 Å². The summed E-state index contributed by atoms with van der Waals surface area (Å²) >= 11 is 12.2. The van der Waals surface area contributed by atoms with Crippen LogP contribution in [0, 0.1) is 0 Å². The molecule has 2 aromatic heterocycles. The van der Waals surface area contributed by atoms with Crippen LogP contribution >= 0.6 is 54.5 Å². The Morgan fingerprint density at radius 3 is 0.641 bits per heavy atom. The minimum absolute atomic E-state index is 0.486. The van der Waals surface area contributed by atoms with Crippen LogP contribution in [0.2, 0.25) is 0 Å². The zero-order chi connectivity index (χ0) is 64.1. The highest BCUT2D eigenvalue weighted by atomic mass is 79.9. The Morgan fingerprint density at radius 2 is 0.435 bits per heavy atom. The van der Waals surface area contributed by atoms with Crippen LogP contribution in [0.3, 0.4) is 0 Å². The average Bonchev–Trinajstić information content (AvgIpc) is 1.50. The number of aryl methyl sites for hydroxylation is 4. The Morgan fingerprint density at radius 1 is 0.239 bits per heavy atom. The number of thiophene rings is 2. The fraction of sp³-hybridized carbons (Fsp3) is 0.568. The number of fused-ring (bicyclic) bond motifs is 6. The van der Waals surface area contributed by atoms with Gasteiger partial charge in [0.05, 0.1) is 18.4 Å². The third-order valence-corrected chi connectivity index (χ3v) is 24.8. The molecule has 2 aliphatic rings. The molecule has 0 amide bonds. The van der Waals surface area contributed by atoms with Gasteiger partial charge in [-0.3, -0.25) is 0 Å². The van der Waals surface area contributed by atoms with Crippen molar-refractivity contribution in [1.82, 2.24) is 0 Å². The first-order chi connectivity index (χ1) is 45.4. The van der Waals surface area contributed by atoms with Gasteiger partial charge < -0.3 is 0 Å². The van der Waals surface area contributed by atoms with Gasteiger partial charge in [0.2, 0.25) is 0 Å². The van der Waals surface area contributed by atoms with Crippen molar-refractivity contribution in [3.8, 4) is 20.9 Å². The van der Waals surface area contributed by atoms with E-state index >= 15 is 0 Å². The lowest BCUT2D eigenvalue weighted by atomic mass is 9.65. The highest BCUT2D eigenvalue weighted by Gasteiger charge is 2.53. The molecule has 0 unspecified atom stereocenters. The maximum absolute atomic E-state index is 4.16. The molecule has 0 radical (unpaired) electrons. The second-order valence-corrected chi connectivity index (χ2v) is 33.4. The molecule has 2 aliphatic carbocycles. The summed E-state index contributed by atoms with van der Waals surface area (Å²) in [6, 6.07) is 50.7. The van der Waals surface area contributed by atoms with E-state index in [1.165, 1.54) is 352 Å². The first-order valence-electron chi connectivity index (χ1n) is 38.5. The molecule has 0 spiro atoms. The van der Waals surface area contributed by atoms with E-state index in [1.807, 2.05) is 22.7 Å². The molecule has 0 nitrogen and oxygen atoms in total. The third kappa shape index (κ3) is 19.4. The van der Waals surface area contributed by atoms with Crippen molar-refractivity contribution in [2.24, 2.45) is 0 Å². The first kappa shape index (κ1) is 72.7. The van der Waals surface area contributed by atoms with Crippen molar-refractivity contribution in [1.29, 1.82) is 0 Å². The molecule has 0 bridgehead atoms. The fourth-order valence-electron chi connectivity index (χ4n) is 16.1. The van der Waals surface area contributed by atoms with Crippen LogP contribution in [0.25, 0.3) is 20.9 Å². The van der Waals surface area contributed by atoms with E-state index in [0.717, 1.165) is 25.7 Å². The zero-order valence-corrected chi connectivity index (χ0v) is 63.0. The summed E-state index contributed by atoms with van der Waals surface area (Å²) < 4.78 is 2.41. The smallest absolute Gasteiger partial charge is 0.0722 e. The standard InChI is InChI=1S/C88H120Br2S2/c1-5-9-13-17-21-25-29-33-37-41-45-69-49-57-73(58-50-69)87(74-59-51-70(52-60-74)46-42-38-34-30-26-22-18-14-10-6-2)79-65-78-80(66-77(79)85-81(87)67-83(89)91-85)88(82-68-84(90)92-86(78)82,75-61-53-71(54-62-75)47-43-39-35-31-27-23-19-15-11-7-3)76-63-55-72(56-64-76)48-44-40-36-32-28-24-20-16-12-8-4/h49-68H,5-48H2,1-4H3. The van der Waals surface area contributed by atoms with Crippen molar-refractivity contribution in [2.45, 2.75) is 321 Å². The van der Waals surface area contributed by atoms with Gasteiger partial charge in [0.1, 0.15) is 0 Å². The number of unbranched alkanes of at least 4 members (excludes halogenated alkanes) is 36. The largest absolute Gasteiger partial charge is 0.128 e. The molecule has 2 heterocycles. The third-order valence-electron chi connectivity index (χ3n) is 21.5. The Bertz CT molecular complexity index is 2820. The van der Waals surface area contributed by atoms with Gasteiger partial charge in [-0.15, -0.1) is 22.7 Å². The first-order valence-corrected chi connectivity index (χ1v) is 41.8. The van der Waals surface area contributed by atoms with Crippen LogP contribution in [0.5, 0.6) is 0 Å². The van der Waals surface area contributed by atoms with Crippen LogP contribution in [0.15, 0.2) is 129 Å². The lowest BCUT2D eigenvalue weighted by molar-refractivity contribution is 0.556. The van der Waals surface area contributed by atoms with Crippen LogP contribution in [0.1, 0.15) is 351 Å². The van der Waals surface area contributed by atoms with Gasteiger partial charge in [0.25, 0.3) is 0 Å². The molecule has 0 saturated heterocycles. The Kier molecular flexibility index (Phi) is 31.3. The summed E-state index contributed by atoms with van der Waals surface area (Å²) in [5.74, 6) is 0. The number of rotatable bonds is 48. The SMILES string of the molecule is CCCCCCCCCCCCc1ccc(C2(c3ccc(CCCCCCCCCCCC)cc3)c3cc4c(cc3-c3sc(Br)cc32)C(c2ccc(CCCCCCCCCCCC)cc2)(c2ccc(CCCCCCCCCCCC)cc2)c2cc(Br)sc2-4)cc1. The van der Waals surface area contributed by atoms with E-state index in [4.69, 9.17) is 0 Å². The normalized spacial score (nSPS) is 13.5. The molecule has 0 N–H and O–H groups in total. The highest BCUT2D eigenvalue weighted by Crippen LogP contribution is 2.65. The Balaban J connectivity index is 1.05. The maximum Gasteiger partial charge on any atom is 0.0722 e. The molecule has 0 saturated carbocycles. The lowest BCUT2D eigenvalue weighted by Gasteiger charge is -2.35. The lowest BCUT2D eigenvalue weighted by Crippen LogP contribution is -2.30. The Labute approximate surface area is 587 Å². The van der Waals surface area contributed by atoms with E-state index in [-0.39, 0.29) is 0 Å². The summed E-state index contributed by atoms with van der Waals surface area (Å²) in [6.07, 6.45) is 59.4. The predicted molar refractivity (Wildman–Crippen MR) is 414 cm³/mol. The van der Waals surface area contributed by atoms with Crippen LogP contribution in [0.4, 0.5) is 0 Å². The molecule has 0 aliphatic heterocycles. The number of hydrogen-bond donors (Lipinski definition) is 0. The van der Waals surface area contributed by atoms with E-state index in [0.29, 0.717) is 0 Å². The van der Waals surface area contributed by atoms with Gasteiger partial charge in [-0.05, 0) is 185 Å². The molecule has 4 heteroatoms. The monoisotopic (exact) mass is 1400 g/mol. The van der Waals surface area contributed by atoms with Crippen LogP contribution < -0.4 is 0 Å². The number of hydrogen-bond acceptors (Lipinski definition) is 2. The van der Waals surface area contributed by atoms with Gasteiger partial charge >= 0.3 is 0 Å². The highest BCUT2D eigenvalue weighted by molar-refractivity contribution is 9.11. The maximum atomic E-state index is 4.16. The fourth-order valence-corrected chi connectivity index (χ4v) is 19.5. The van der Waals surface area contributed by atoms with Crippen LogP contribution in [-0.4, -0.2) is 0 Å². The summed E-state index contributed by atoms with van der Waals surface area (Å²) in [7, 11) is 0. The summed E-state index contributed by atoms with van der Waals surface area (Å²) in [6.45, 7) is 9.28. The minimum atomic E-state index is -0.486. The number of halogens is 2. The van der Waals surface area contributed by atoms with Crippen molar-refractivity contribution in [3.05, 3.63) is 196 Å². The van der Waals surface area contributed by atoms with Crippen molar-refractivity contribution < 1.29 is 0 Å². The van der Waals surface area contributed by atoms with Gasteiger partial charge in [-0.2, -0.15) is 0 Å². The molecular formula is C88H120Br2S2. The second kappa shape index (κ2) is 39.6. The molecule has 92 heavy (non-hydrogen) atoms. The molecule has 7 aromatic rings. The van der Waals surface area contributed by atoms with Crippen molar-refractivity contribution >= 4 is 54.5 Å². The molecule has 498 valence electrons. The molecule has 0 fully saturated rings. The molecule has 0 atom stereocenters. The second-order valence-electron chi connectivity index (χ2n) is 28.5. The van der Waals surface area contributed by atoms with Gasteiger partial charge in [-0.1, -0.05) is 356 Å². The Hall–Kier alpha value is -3.54. The number of benzene rings is 5. The summed E-state index contributed by atoms with van der Waals surface area (Å²) in [5, 5.41) is 0. The van der Waals surface area contributed by atoms with E-state index < -0.39 is 10.8 Å². The minimum Gasteiger partial charge on any atom is -0.128 e. The van der Waals surface area contributed by atoms with E-state index in [9.17, 15) is 0 Å².